The van der Waals surface area contributed by atoms with Gasteiger partial charge in [0.25, 0.3) is 0 Å². The van der Waals surface area contributed by atoms with Crippen molar-refractivity contribution in [2.24, 2.45) is 11.1 Å². The second-order valence-electron chi connectivity index (χ2n) is 4.14. The Morgan fingerprint density at radius 1 is 1.56 bits per heavy atom. The number of alkyl halides is 3. The third-order valence-electron chi connectivity index (χ3n) is 2.57. The van der Waals surface area contributed by atoms with Gasteiger partial charge in [0, 0.05) is 6.04 Å². The predicted molar refractivity (Wildman–Crippen MR) is 56.7 cm³/mol. The Morgan fingerprint density at radius 2 is 2.06 bits per heavy atom. The molecular weight excluding hydrogens is 241 g/mol. The number of amides is 1. The fraction of sp³-hybridized carbons (Fsp3) is 0.778. The Hall–Kier alpha value is -0.850. The zero-order valence-corrected chi connectivity index (χ0v) is 9.54. The Kier molecular flexibility index (Phi) is 3.47. The van der Waals surface area contributed by atoms with Crippen molar-refractivity contribution in [3.05, 3.63) is 0 Å². The highest BCUT2D eigenvalue weighted by Crippen LogP contribution is 2.46. The molecule has 0 aliphatic heterocycles. The highest BCUT2D eigenvalue weighted by Gasteiger charge is 2.53. The van der Waals surface area contributed by atoms with E-state index in [0.29, 0.717) is 12.8 Å². The number of halogens is 3. The Morgan fingerprint density at radius 3 is 2.38 bits per heavy atom. The minimum atomic E-state index is -4.29. The maximum atomic E-state index is 12.0. The van der Waals surface area contributed by atoms with E-state index < -0.39 is 30.0 Å². The van der Waals surface area contributed by atoms with Gasteiger partial charge in [0.15, 0.2) is 0 Å². The molecule has 0 heterocycles. The zero-order chi connectivity index (χ0) is 12.6. The topological polar surface area (TPSA) is 55.1 Å². The van der Waals surface area contributed by atoms with E-state index in [9.17, 15) is 18.0 Å². The van der Waals surface area contributed by atoms with Crippen LogP contribution in [0.1, 0.15) is 26.2 Å². The molecule has 92 valence electrons. The smallest absolute Gasteiger partial charge is 0.391 e. The summed E-state index contributed by atoms with van der Waals surface area (Å²) in [6.45, 7) is 1.31. The van der Waals surface area contributed by atoms with E-state index in [-0.39, 0.29) is 4.99 Å². The van der Waals surface area contributed by atoms with Gasteiger partial charge in [-0.15, -0.1) is 0 Å². The SMILES string of the molecule is CC(CC(F)(F)F)NC(=O)C1(C(N)=S)CC1. The summed E-state index contributed by atoms with van der Waals surface area (Å²) < 4.78 is 36.1. The van der Waals surface area contributed by atoms with Crippen molar-refractivity contribution in [1.29, 1.82) is 0 Å². The largest absolute Gasteiger partial charge is 0.392 e. The van der Waals surface area contributed by atoms with Gasteiger partial charge in [0.1, 0.15) is 0 Å². The van der Waals surface area contributed by atoms with E-state index in [1.165, 1.54) is 6.92 Å². The lowest BCUT2D eigenvalue weighted by atomic mass is 10.1. The molecule has 0 aromatic rings. The van der Waals surface area contributed by atoms with Crippen LogP contribution in [0, 0.1) is 5.41 Å². The molecular formula is C9H13F3N2OS. The molecule has 1 aliphatic carbocycles. The van der Waals surface area contributed by atoms with Crippen LogP contribution in [0.25, 0.3) is 0 Å². The van der Waals surface area contributed by atoms with Gasteiger partial charge in [-0.25, -0.2) is 0 Å². The van der Waals surface area contributed by atoms with E-state index in [1.54, 1.807) is 0 Å². The van der Waals surface area contributed by atoms with Crippen LogP contribution in [0.15, 0.2) is 0 Å². The van der Waals surface area contributed by atoms with Crippen LogP contribution < -0.4 is 11.1 Å². The van der Waals surface area contributed by atoms with E-state index in [4.69, 9.17) is 18.0 Å². The van der Waals surface area contributed by atoms with Gasteiger partial charge in [-0.2, -0.15) is 13.2 Å². The van der Waals surface area contributed by atoms with E-state index >= 15 is 0 Å². The van der Waals surface area contributed by atoms with Gasteiger partial charge in [-0.05, 0) is 19.8 Å². The maximum absolute atomic E-state index is 12.0. The molecule has 0 aromatic carbocycles. The zero-order valence-electron chi connectivity index (χ0n) is 8.73. The lowest BCUT2D eigenvalue weighted by molar-refractivity contribution is -0.142. The van der Waals surface area contributed by atoms with Crippen LogP contribution in [0.4, 0.5) is 13.2 Å². The van der Waals surface area contributed by atoms with Crippen LogP contribution in [0.3, 0.4) is 0 Å². The maximum Gasteiger partial charge on any atom is 0.391 e. The van der Waals surface area contributed by atoms with Crippen LogP contribution in [-0.4, -0.2) is 23.1 Å². The molecule has 1 rings (SSSR count). The predicted octanol–water partition coefficient (Wildman–Crippen LogP) is 1.51. The summed E-state index contributed by atoms with van der Waals surface area (Å²) in [7, 11) is 0. The summed E-state index contributed by atoms with van der Waals surface area (Å²) in [5.74, 6) is -0.489. The Bertz CT molecular complexity index is 312. The Labute approximate surface area is 96.6 Å². The minimum absolute atomic E-state index is 0.0595. The van der Waals surface area contributed by atoms with Gasteiger partial charge in [-0.1, -0.05) is 12.2 Å². The second-order valence-corrected chi connectivity index (χ2v) is 4.58. The van der Waals surface area contributed by atoms with Crippen LogP contribution in [0.2, 0.25) is 0 Å². The van der Waals surface area contributed by atoms with Gasteiger partial charge in [0.2, 0.25) is 5.91 Å². The molecule has 0 bridgehead atoms. The van der Waals surface area contributed by atoms with Crippen LogP contribution in [-0.2, 0) is 4.79 Å². The lowest BCUT2D eigenvalue weighted by Gasteiger charge is -2.19. The third-order valence-corrected chi connectivity index (χ3v) is 2.96. The summed E-state index contributed by atoms with van der Waals surface area (Å²) >= 11 is 4.73. The van der Waals surface area contributed by atoms with Gasteiger partial charge in [0.05, 0.1) is 16.8 Å². The molecule has 1 atom stereocenters. The molecule has 1 aliphatic rings. The quantitative estimate of drug-likeness (QED) is 0.748. The second kappa shape index (κ2) is 4.20. The van der Waals surface area contributed by atoms with Crippen molar-refractivity contribution < 1.29 is 18.0 Å². The standard InChI is InChI=1S/C9H13F3N2OS/c1-5(4-9(10,11)12)14-7(15)8(2-3-8)6(13)16/h5H,2-4H2,1H3,(H2,13,16)(H,14,15). The first-order valence-electron chi connectivity index (χ1n) is 4.85. The summed E-state index contributed by atoms with van der Waals surface area (Å²) in [5.41, 5.74) is 4.49. The summed E-state index contributed by atoms with van der Waals surface area (Å²) in [6, 6.07) is -0.959. The minimum Gasteiger partial charge on any atom is -0.392 e. The van der Waals surface area contributed by atoms with E-state index in [2.05, 4.69) is 5.32 Å². The summed E-state index contributed by atoms with van der Waals surface area (Å²) in [5, 5.41) is 2.29. The highest BCUT2D eigenvalue weighted by molar-refractivity contribution is 7.80. The number of thiocarbonyl (C=S) groups is 1. The van der Waals surface area contributed by atoms with Gasteiger partial charge in [-0.3, -0.25) is 4.79 Å². The number of carbonyl (C=O) groups excluding carboxylic acids is 1. The van der Waals surface area contributed by atoms with E-state index in [1.807, 2.05) is 0 Å². The van der Waals surface area contributed by atoms with Gasteiger partial charge < -0.3 is 11.1 Å². The van der Waals surface area contributed by atoms with Gasteiger partial charge >= 0.3 is 6.18 Å². The average Bonchev–Trinajstić information content (AvgIpc) is 2.78. The molecule has 3 N–H and O–H groups in total. The molecule has 1 saturated carbocycles. The molecule has 1 amide bonds. The number of nitrogens with two attached hydrogens (primary N) is 1. The van der Waals surface area contributed by atoms with Crippen molar-refractivity contribution in [1.82, 2.24) is 5.32 Å². The number of carbonyl (C=O) groups is 1. The van der Waals surface area contributed by atoms with Crippen molar-refractivity contribution in [3.8, 4) is 0 Å². The van der Waals surface area contributed by atoms with Crippen LogP contribution >= 0.6 is 12.2 Å². The average molecular weight is 254 g/mol. The number of nitrogens with one attached hydrogen (secondary N) is 1. The van der Waals surface area contributed by atoms with Crippen molar-refractivity contribution >= 4 is 23.1 Å². The molecule has 7 heteroatoms. The summed E-state index contributed by atoms with van der Waals surface area (Å²) in [4.78, 5) is 11.7. The van der Waals surface area contributed by atoms with Crippen molar-refractivity contribution in [3.63, 3.8) is 0 Å². The molecule has 0 radical (unpaired) electrons. The fourth-order valence-electron chi connectivity index (χ4n) is 1.47. The number of hydrogen-bond donors (Lipinski definition) is 2. The monoisotopic (exact) mass is 254 g/mol. The Balaban J connectivity index is 2.50. The summed E-state index contributed by atoms with van der Waals surface area (Å²) in [6.07, 6.45) is -4.29. The van der Waals surface area contributed by atoms with E-state index in [0.717, 1.165) is 0 Å². The number of rotatable bonds is 4. The van der Waals surface area contributed by atoms with Crippen LogP contribution in [0.5, 0.6) is 0 Å². The molecule has 1 fully saturated rings. The molecule has 1 unspecified atom stereocenters. The first-order chi connectivity index (χ1) is 7.17. The highest BCUT2D eigenvalue weighted by atomic mass is 32.1. The fourth-order valence-corrected chi connectivity index (χ4v) is 1.77. The molecule has 3 nitrogen and oxygen atoms in total. The number of hydrogen-bond acceptors (Lipinski definition) is 2. The molecule has 16 heavy (non-hydrogen) atoms. The first kappa shape index (κ1) is 13.2. The van der Waals surface area contributed by atoms with Crippen molar-refractivity contribution in [2.75, 3.05) is 0 Å². The first-order valence-corrected chi connectivity index (χ1v) is 5.26. The molecule has 0 saturated heterocycles. The van der Waals surface area contributed by atoms with Crippen molar-refractivity contribution in [2.45, 2.75) is 38.4 Å². The third kappa shape index (κ3) is 3.07. The molecule has 0 aromatic heterocycles. The lowest BCUT2D eigenvalue weighted by Crippen LogP contribution is -2.44. The normalized spacial score (nSPS) is 20.0. The molecule has 0 spiro atoms.